The van der Waals surface area contributed by atoms with Gasteiger partial charge >= 0.3 is 0 Å². The topological polar surface area (TPSA) is 67.9 Å². The van der Waals surface area contributed by atoms with Gasteiger partial charge in [0, 0.05) is 37.1 Å². The summed E-state index contributed by atoms with van der Waals surface area (Å²) < 4.78 is 12.1. The Kier molecular flexibility index (Phi) is 4.29. The zero-order valence-corrected chi connectivity index (χ0v) is 15.4. The van der Waals surface area contributed by atoms with Crippen LogP contribution >= 0.6 is 0 Å². The van der Waals surface area contributed by atoms with Gasteiger partial charge in [-0.25, -0.2) is 0 Å². The first-order valence-corrected chi connectivity index (χ1v) is 9.61. The first-order chi connectivity index (χ1) is 12.5. The first-order valence-electron chi connectivity index (χ1n) is 9.61. The molecule has 0 aromatic heterocycles. The number of rotatable bonds is 3. The summed E-state index contributed by atoms with van der Waals surface area (Å²) in [6.45, 7) is 4.39. The second kappa shape index (κ2) is 6.49. The lowest BCUT2D eigenvalue weighted by Crippen LogP contribution is -2.44. The molecular weight excluding hydrogens is 332 g/mol. The Morgan fingerprint density at radius 2 is 1.88 bits per heavy atom. The Labute approximate surface area is 153 Å². The summed E-state index contributed by atoms with van der Waals surface area (Å²) in [5.74, 6) is 0.726. The molecule has 26 heavy (non-hydrogen) atoms. The van der Waals surface area contributed by atoms with Gasteiger partial charge < -0.3 is 19.7 Å². The van der Waals surface area contributed by atoms with Crippen molar-refractivity contribution in [2.75, 3.05) is 11.9 Å². The van der Waals surface area contributed by atoms with Gasteiger partial charge in [-0.05, 0) is 37.8 Å². The molecule has 2 fully saturated rings. The number of ether oxygens (including phenoxy) is 2. The third-order valence-electron chi connectivity index (χ3n) is 5.50. The SMILES string of the molecule is CC(C)C(=O)N1CCCC1C(=O)Nc1ccc2c(c1)OC1(CCCC1)O2. The van der Waals surface area contributed by atoms with Crippen LogP contribution in [-0.2, 0) is 9.59 Å². The van der Waals surface area contributed by atoms with E-state index in [1.54, 1.807) is 4.90 Å². The highest BCUT2D eigenvalue weighted by Crippen LogP contribution is 2.47. The summed E-state index contributed by atoms with van der Waals surface area (Å²) in [5.41, 5.74) is 0.677. The molecule has 1 saturated carbocycles. The molecule has 2 heterocycles. The van der Waals surface area contributed by atoms with E-state index < -0.39 is 11.8 Å². The predicted octanol–water partition coefficient (Wildman–Crippen LogP) is 3.31. The zero-order chi connectivity index (χ0) is 18.3. The number of nitrogens with zero attached hydrogens (tertiary/aromatic N) is 1. The Morgan fingerprint density at radius 3 is 2.62 bits per heavy atom. The highest BCUT2D eigenvalue weighted by atomic mass is 16.7. The van der Waals surface area contributed by atoms with E-state index in [1.165, 1.54) is 0 Å². The number of carbonyl (C=O) groups is 2. The molecule has 1 saturated heterocycles. The van der Waals surface area contributed by atoms with Crippen LogP contribution in [0.1, 0.15) is 52.4 Å². The molecule has 0 bridgehead atoms. The maximum Gasteiger partial charge on any atom is 0.251 e. The Hall–Kier alpha value is -2.24. The molecule has 1 N–H and O–H groups in total. The molecule has 1 unspecified atom stereocenters. The minimum absolute atomic E-state index is 0.0384. The largest absolute Gasteiger partial charge is 0.448 e. The van der Waals surface area contributed by atoms with Gasteiger partial charge in [-0.15, -0.1) is 0 Å². The molecule has 2 amide bonds. The number of nitrogens with one attached hydrogen (secondary N) is 1. The average molecular weight is 358 g/mol. The second-order valence-corrected chi connectivity index (χ2v) is 7.82. The van der Waals surface area contributed by atoms with Gasteiger partial charge in [-0.1, -0.05) is 13.8 Å². The lowest BCUT2D eigenvalue weighted by atomic mass is 10.1. The molecule has 1 aromatic carbocycles. The van der Waals surface area contributed by atoms with Crippen LogP contribution in [-0.4, -0.2) is 35.1 Å². The van der Waals surface area contributed by atoms with E-state index in [1.807, 2.05) is 32.0 Å². The minimum atomic E-state index is -0.503. The van der Waals surface area contributed by atoms with E-state index in [-0.39, 0.29) is 17.7 Å². The molecule has 1 atom stereocenters. The molecule has 0 radical (unpaired) electrons. The molecule has 2 aliphatic heterocycles. The number of carbonyl (C=O) groups excluding carboxylic acids is 2. The quantitative estimate of drug-likeness (QED) is 0.900. The standard InChI is InChI=1S/C20H26N2O4/c1-13(2)19(24)22-11-5-6-15(22)18(23)21-14-7-8-16-17(12-14)26-20(25-16)9-3-4-10-20/h7-8,12-13,15H,3-6,9-11H2,1-2H3,(H,21,23). The van der Waals surface area contributed by atoms with E-state index in [0.717, 1.165) is 37.9 Å². The molecule has 1 spiro atoms. The molecule has 140 valence electrons. The smallest absolute Gasteiger partial charge is 0.251 e. The maximum absolute atomic E-state index is 12.7. The van der Waals surface area contributed by atoms with Crippen LogP contribution in [0.4, 0.5) is 5.69 Å². The average Bonchev–Trinajstić information content (AvgIpc) is 3.33. The van der Waals surface area contributed by atoms with Crippen molar-refractivity contribution in [3.63, 3.8) is 0 Å². The first kappa shape index (κ1) is 17.2. The number of likely N-dealkylation sites (tertiary alicyclic amines) is 1. The maximum atomic E-state index is 12.7. The van der Waals surface area contributed by atoms with Gasteiger partial charge in [0.25, 0.3) is 5.79 Å². The van der Waals surface area contributed by atoms with Gasteiger partial charge in [-0.3, -0.25) is 9.59 Å². The third kappa shape index (κ3) is 3.02. The highest BCUT2D eigenvalue weighted by molar-refractivity contribution is 5.98. The van der Waals surface area contributed by atoms with Crippen LogP contribution in [0, 0.1) is 5.92 Å². The van der Waals surface area contributed by atoms with Crippen molar-refractivity contribution in [2.45, 2.75) is 64.2 Å². The number of amides is 2. The van der Waals surface area contributed by atoms with E-state index in [9.17, 15) is 9.59 Å². The Bertz CT molecular complexity index is 725. The molecular formula is C20H26N2O4. The normalized spacial score (nSPS) is 23.0. The summed E-state index contributed by atoms with van der Waals surface area (Å²) in [7, 11) is 0. The van der Waals surface area contributed by atoms with Gasteiger partial charge in [-0.2, -0.15) is 0 Å². The fourth-order valence-electron chi connectivity index (χ4n) is 4.15. The van der Waals surface area contributed by atoms with Crippen molar-refractivity contribution in [3.05, 3.63) is 18.2 Å². The molecule has 1 aliphatic carbocycles. The summed E-state index contributed by atoms with van der Waals surface area (Å²) in [6, 6.07) is 5.11. The number of hydrogen-bond donors (Lipinski definition) is 1. The summed E-state index contributed by atoms with van der Waals surface area (Å²) >= 11 is 0. The predicted molar refractivity (Wildman–Crippen MR) is 97.1 cm³/mol. The van der Waals surface area contributed by atoms with Crippen LogP contribution in [0.3, 0.4) is 0 Å². The summed E-state index contributed by atoms with van der Waals surface area (Å²) in [6.07, 6.45) is 5.59. The van der Waals surface area contributed by atoms with E-state index in [2.05, 4.69) is 5.32 Å². The van der Waals surface area contributed by atoms with Crippen LogP contribution in [0.15, 0.2) is 18.2 Å². The molecule has 6 heteroatoms. The van der Waals surface area contributed by atoms with Gasteiger partial charge in [0.2, 0.25) is 11.8 Å². The molecule has 6 nitrogen and oxygen atoms in total. The van der Waals surface area contributed by atoms with Crippen LogP contribution in [0.5, 0.6) is 11.5 Å². The zero-order valence-electron chi connectivity index (χ0n) is 15.4. The monoisotopic (exact) mass is 358 g/mol. The minimum Gasteiger partial charge on any atom is -0.448 e. The van der Waals surface area contributed by atoms with Gasteiger partial charge in [0.05, 0.1) is 0 Å². The summed E-state index contributed by atoms with van der Waals surface area (Å²) in [4.78, 5) is 26.8. The lowest BCUT2D eigenvalue weighted by molar-refractivity contribution is -0.139. The number of hydrogen-bond acceptors (Lipinski definition) is 4. The third-order valence-corrected chi connectivity index (χ3v) is 5.50. The summed E-state index contributed by atoms with van der Waals surface area (Å²) in [5, 5.41) is 2.95. The van der Waals surface area contributed by atoms with Crippen LogP contribution in [0.25, 0.3) is 0 Å². The second-order valence-electron chi connectivity index (χ2n) is 7.82. The number of benzene rings is 1. The van der Waals surface area contributed by atoms with E-state index in [4.69, 9.17) is 9.47 Å². The number of anilines is 1. The molecule has 3 aliphatic rings. The van der Waals surface area contributed by atoms with Crippen LogP contribution < -0.4 is 14.8 Å². The fourth-order valence-corrected chi connectivity index (χ4v) is 4.15. The fraction of sp³-hybridized carbons (Fsp3) is 0.600. The van der Waals surface area contributed by atoms with E-state index >= 15 is 0 Å². The van der Waals surface area contributed by atoms with Crippen molar-refractivity contribution in [1.82, 2.24) is 4.90 Å². The molecule has 1 aromatic rings. The van der Waals surface area contributed by atoms with Crippen molar-refractivity contribution in [2.24, 2.45) is 5.92 Å². The molecule has 4 rings (SSSR count). The van der Waals surface area contributed by atoms with Crippen molar-refractivity contribution in [3.8, 4) is 11.5 Å². The van der Waals surface area contributed by atoms with Crippen molar-refractivity contribution < 1.29 is 19.1 Å². The van der Waals surface area contributed by atoms with E-state index in [0.29, 0.717) is 24.4 Å². The Morgan fingerprint density at radius 1 is 1.15 bits per heavy atom. The van der Waals surface area contributed by atoms with Crippen LogP contribution in [0.2, 0.25) is 0 Å². The van der Waals surface area contributed by atoms with Gasteiger partial charge in [0.1, 0.15) is 6.04 Å². The van der Waals surface area contributed by atoms with Crippen molar-refractivity contribution >= 4 is 17.5 Å². The lowest BCUT2D eigenvalue weighted by Gasteiger charge is -2.25. The van der Waals surface area contributed by atoms with Gasteiger partial charge in [0.15, 0.2) is 11.5 Å². The Balaban J connectivity index is 1.45. The van der Waals surface area contributed by atoms with Crippen molar-refractivity contribution in [1.29, 1.82) is 0 Å². The number of fused-ring (bicyclic) bond motifs is 1. The highest BCUT2D eigenvalue weighted by Gasteiger charge is 2.44.